The van der Waals surface area contributed by atoms with Gasteiger partial charge in [0.2, 0.25) is 5.91 Å². The number of piperazine rings is 1. The summed E-state index contributed by atoms with van der Waals surface area (Å²) in [6.07, 6.45) is 0. The van der Waals surface area contributed by atoms with Crippen molar-refractivity contribution in [2.45, 2.75) is 6.54 Å². The van der Waals surface area contributed by atoms with Crippen molar-refractivity contribution >= 4 is 17.5 Å². The molecule has 0 unspecified atom stereocenters. The molecule has 0 bridgehead atoms. The minimum absolute atomic E-state index is 0.0432. The van der Waals surface area contributed by atoms with Gasteiger partial charge in [0.05, 0.1) is 11.6 Å². The highest BCUT2D eigenvalue weighted by Gasteiger charge is 2.17. The summed E-state index contributed by atoms with van der Waals surface area (Å²) in [5.74, 6) is -0.400. The van der Waals surface area contributed by atoms with Crippen LogP contribution >= 0.6 is 11.6 Å². The first-order valence-corrected chi connectivity index (χ1v) is 5.47. The third-order valence-electron chi connectivity index (χ3n) is 2.54. The molecule has 0 radical (unpaired) electrons. The monoisotopic (exact) mass is 242 g/mol. The Bertz CT molecular complexity index is 411. The first-order chi connectivity index (χ1) is 7.66. The largest absolute Gasteiger partial charge is 0.336 e. The van der Waals surface area contributed by atoms with E-state index in [0.29, 0.717) is 19.6 Å². The van der Waals surface area contributed by atoms with E-state index < -0.39 is 5.82 Å². The molecule has 0 aliphatic carbocycles. The minimum Gasteiger partial charge on any atom is -0.336 e. The zero-order valence-electron chi connectivity index (χ0n) is 8.67. The smallest absolute Gasteiger partial charge is 0.236 e. The fraction of sp³-hybridized carbons (Fsp3) is 0.364. The van der Waals surface area contributed by atoms with Crippen LogP contribution in [0.15, 0.2) is 18.2 Å². The lowest BCUT2D eigenvalue weighted by Gasteiger charge is -2.27. The van der Waals surface area contributed by atoms with Crippen molar-refractivity contribution in [3.8, 4) is 0 Å². The molecule has 1 fully saturated rings. The average Bonchev–Trinajstić information content (AvgIpc) is 2.27. The van der Waals surface area contributed by atoms with Gasteiger partial charge in [-0.05, 0) is 17.7 Å². The third kappa shape index (κ3) is 2.51. The third-order valence-corrected chi connectivity index (χ3v) is 2.85. The second-order valence-electron chi connectivity index (χ2n) is 3.74. The quantitative estimate of drug-likeness (QED) is 0.851. The highest BCUT2D eigenvalue weighted by molar-refractivity contribution is 6.30. The Morgan fingerprint density at radius 2 is 2.31 bits per heavy atom. The van der Waals surface area contributed by atoms with Crippen molar-refractivity contribution in [3.05, 3.63) is 34.6 Å². The Kier molecular flexibility index (Phi) is 3.41. The molecule has 1 aliphatic heterocycles. The first-order valence-electron chi connectivity index (χ1n) is 5.09. The van der Waals surface area contributed by atoms with E-state index in [2.05, 4.69) is 5.32 Å². The number of benzene rings is 1. The van der Waals surface area contributed by atoms with Crippen molar-refractivity contribution in [2.75, 3.05) is 19.6 Å². The van der Waals surface area contributed by atoms with Crippen LogP contribution in [0.4, 0.5) is 4.39 Å². The molecule has 1 heterocycles. The predicted molar refractivity (Wildman–Crippen MR) is 59.7 cm³/mol. The molecule has 1 amide bonds. The van der Waals surface area contributed by atoms with Crippen LogP contribution < -0.4 is 5.32 Å². The van der Waals surface area contributed by atoms with Crippen molar-refractivity contribution in [3.63, 3.8) is 0 Å². The molecule has 1 aromatic rings. The van der Waals surface area contributed by atoms with Crippen LogP contribution in [0.3, 0.4) is 0 Å². The van der Waals surface area contributed by atoms with Crippen LogP contribution in [-0.4, -0.2) is 30.4 Å². The molecule has 86 valence electrons. The Morgan fingerprint density at radius 3 is 3.00 bits per heavy atom. The Morgan fingerprint density at radius 1 is 1.50 bits per heavy atom. The number of nitrogens with one attached hydrogen (secondary N) is 1. The molecule has 3 nitrogen and oxygen atoms in total. The normalized spacial score (nSPS) is 16.6. The van der Waals surface area contributed by atoms with Gasteiger partial charge in [-0.3, -0.25) is 4.79 Å². The van der Waals surface area contributed by atoms with E-state index in [1.54, 1.807) is 11.0 Å². The van der Waals surface area contributed by atoms with Crippen molar-refractivity contribution in [1.82, 2.24) is 10.2 Å². The number of carbonyl (C=O) groups excluding carboxylic acids is 1. The number of hydrogen-bond acceptors (Lipinski definition) is 2. The average molecular weight is 243 g/mol. The molecule has 1 saturated heterocycles. The summed E-state index contributed by atoms with van der Waals surface area (Å²) in [6, 6.07) is 4.62. The minimum atomic E-state index is -0.443. The summed E-state index contributed by atoms with van der Waals surface area (Å²) in [5, 5.41) is 3.09. The molecule has 16 heavy (non-hydrogen) atoms. The van der Waals surface area contributed by atoms with Gasteiger partial charge in [0.1, 0.15) is 5.82 Å². The summed E-state index contributed by atoms with van der Waals surface area (Å²) in [4.78, 5) is 13.2. The fourth-order valence-electron chi connectivity index (χ4n) is 1.67. The van der Waals surface area contributed by atoms with Gasteiger partial charge in [-0.25, -0.2) is 4.39 Å². The fourth-order valence-corrected chi connectivity index (χ4v) is 1.79. The molecule has 1 aromatic carbocycles. The Balaban J connectivity index is 2.08. The van der Waals surface area contributed by atoms with E-state index in [4.69, 9.17) is 11.6 Å². The number of hydrogen-bond donors (Lipinski definition) is 1. The zero-order chi connectivity index (χ0) is 11.5. The molecule has 2 rings (SSSR count). The maximum atomic E-state index is 13.2. The van der Waals surface area contributed by atoms with Gasteiger partial charge < -0.3 is 10.2 Å². The van der Waals surface area contributed by atoms with Gasteiger partial charge in [0.25, 0.3) is 0 Å². The highest BCUT2D eigenvalue weighted by atomic mass is 35.5. The molecule has 0 aromatic heterocycles. The summed E-state index contributed by atoms with van der Waals surface area (Å²) < 4.78 is 13.2. The standard InChI is InChI=1S/C11H12ClFN2O/c12-9-2-1-8(5-10(9)13)7-15-4-3-14-6-11(15)16/h1-2,5,14H,3-4,6-7H2. The van der Waals surface area contributed by atoms with Crippen LogP contribution in [0.2, 0.25) is 5.02 Å². The summed E-state index contributed by atoms with van der Waals surface area (Å²) >= 11 is 5.59. The van der Waals surface area contributed by atoms with Crippen LogP contribution in [0.25, 0.3) is 0 Å². The second-order valence-corrected chi connectivity index (χ2v) is 4.15. The van der Waals surface area contributed by atoms with Crippen molar-refractivity contribution < 1.29 is 9.18 Å². The molecule has 1 aliphatic rings. The molecule has 5 heteroatoms. The SMILES string of the molecule is O=C1CNCCN1Cc1ccc(Cl)c(F)c1. The lowest BCUT2D eigenvalue weighted by atomic mass is 10.2. The van der Waals surface area contributed by atoms with Crippen LogP contribution in [0.5, 0.6) is 0 Å². The van der Waals surface area contributed by atoms with Crippen LogP contribution in [0.1, 0.15) is 5.56 Å². The van der Waals surface area contributed by atoms with Gasteiger partial charge in [0.15, 0.2) is 0 Å². The van der Waals surface area contributed by atoms with E-state index in [-0.39, 0.29) is 10.9 Å². The number of rotatable bonds is 2. The van der Waals surface area contributed by atoms with Crippen LogP contribution in [-0.2, 0) is 11.3 Å². The van der Waals surface area contributed by atoms with E-state index in [1.165, 1.54) is 12.1 Å². The molecular formula is C11H12ClFN2O. The van der Waals surface area contributed by atoms with Gasteiger partial charge in [-0.1, -0.05) is 17.7 Å². The molecule has 0 saturated carbocycles. The van der Waals surface area contributed by atoms with Crippen molar-refractivity contribution in [1.29, 1.82) is 0 Å². The predicted octanol–water partition coefficient (Wildman–Crippen LogP) is 1.41. The van der Waals surface area contributed by atoms with Crippen molar-refractivity contribution in [2.24, 2.45) is 0 Å². The number of carbonyl (C=O) groups is 1. The molecule has 0 spiro atoms. The van der Waals surface area contributed by atoms with E-state index >= 15 is 0 Å². The Labute approximate surface area is 98.2 Å². The maximum Gasteiger partial charge on any atom is 0.236 e. The van der Waals surface area contributed by atoms with Gasteiger partial charge in [-0.15, -0.1) is 0 Å². The summed E-state index contributed by atoms with van der Waals surface area (Å²) in [6.45, 7) is 2.23. The number of nitrogens with zero attached hydrogens (tertiary/aromatic N) is 1. The van der Waals surface area contributed by atoms with Gasteiger partial charge >= 0.3 is 0 Å². The topological polar surface area (TPSA) is 32.3 Å². The van der Waals surface area contributed by atoms with E-state index in [9.17, 15) is 9.18 Å². The summed E-state index contributed by atoms with van der Waals surface area (Å²) in [7, 11) is 0. The molecule has 1 N–H and O–H groups in total. The second kappa shape index (κ2) is 4.80. The van der Waals surface area contributed by atoms with E-state index in [0.717, 1.165) is 12.1 Å². The first kappa shape index (κ1) is 11.4. The number of amides is 1. The maximum absolute atomic E-state index is 13.2. The molecular weight excluding hydrogens is 231 g/mol. The molecule has 0 atom stereocenters. The summed E-state index contributed by atoms with van der Waals surface area (Å²) in [5.41, 5.74) is 0.761. The highest BCUT2D eigenvalue weighted by Crippen LogP contribution is 2.16. The van der Waals surface area contributed by atoms with Crippen LogP contribution in [0, 0.1) is 5.82 Å². The Hall–Kier alpha value is -1.13. The number of halogens is 2. The lowest BCUT2D eigenvalue weighted by Crippen LogP contribution is -2.47. The van der Waals surface area contributed by atoms with Gasteiger partial charge in [-0.2, -0.15) is 0 Å². The lowest BCUT2D eigenvalue weighted by molar-refractivity contribution is -0.132. The van der Waals surface area contributed by atoms with E-state index in [1.807, 2.05) is 0 Å². The van der Waals surface area contributed by atoms with Gasteiger partial charge in [0, 0.05) is 19.6 Å². The zero-order valence-corrected chi connectivity index (χ0v) is 9.43.